The number of morpholine rings is 1. The summed E-state index contributed by atoms with van der Waals surface area (Å²) >= 11 is 0. The highest BCUT2D eigenvalue weighted by Gasteiger charge is 2.35. The lowest BCUT2D eigenvalue weighted by molar-refractivity contribution is -0.133. The molecular formula is C29H38FN5O4. The van der Waals surface area contributed by atoms with Crippen molar-refractivity contribution in [2.75, 3.05) is 53.0 Å². The summed E-state index contributed by atoms with van der Waals surface area (Å²) < 4.78 is 24.4. The van der Waals surface area contributed by atoms with Gasteiger partial charge in [-0.25, -0.2) is 14.2 Å². The maximum absolute atomic E-state index is 13.8. The van der Waals surface area contributed by atoms with Gasteiger partial charge in [0.1, 0.15) is 18.1 Å². The second-order valence-electron chi connectivity index (χ2n) is 10.8. The van der Waals surface area contributed by atoms with Crippen LogP contribution in [-0.2, 0) is 9.53 Å². The molecule has 9 nitrogen and oxygen atoms in total. The second-order valence-corrected chi connectivity index (χ2v) is 10.8. The molecule has 0 bridgehead atoms. The van der Waals surface area contributed by atoms with Gasteiger partial charge < -0.3 is 19.7 Å². The van der Waals surface area contributed by atoms with Crippen molar-refractivity contribution in [1.29, 1.82) is 0 Å². The van der Waals surface area contributed by atoms with Crippen molar-refractivity contribution in [2.24, 2.45) is 5.10 Å². The number of carbonyl (C=O) groups excluding carboxylic acids is 2. The molecule has 0 radical (unpaired) electrons. The molecular weight excluding hydrogens is 501 g/mol. The Balaban J connectivity index is 1.57. The zero-order valence-corrected chi connectivity index (χ0v) is 23.2. The number of carbonyl (C=O) groups is 2. The van der Waals surface area contributed by atoms with Crippen molar-refractivity contribution in [2.45, 2.75) is 38.8 Å². The van der Waals surface area contributed by atoms with Crippen LogP contribution >= 0.6 is 0 Å². The molecule has 10 heteroatoms. The summed E-state index contributed by atoms with van der Waals surface area (Å²) in [5.41, 5.74) is 1.92. The van der Waals surface area contributed by atoms with Crippen LogP contribution in [0.1, 0.15) is 44.4 Å². The van der Waals surface area contributed by atoms with E-state index in [1.54, 1.807) is 24.1 Å². The standard InChI is InChI=1S/C29H38FN5O4/c1-29(2,3)31-28(37)34(14-13-33-15-17-39-18-16-33)20-27(36)35-26(22-5-9-23(30)10-6-22)19-25(32-35)21-7-11-24(38-4)12-8-21/h5-12,26H,13-20H2,1-4H3,(H,31,37). The number of urea groups is 1. The number of benzene rings is 2. The third-order valence-corrected chi connectivity index (χ3v) is 6.73. The van der Waals surface area contributed by atoms with E-state index in [9.17, 15) is 14.0 Å². The molecule has 1 fully saturated rings. The highest BCUT2D eigenvalue weighted by atomic mass is 19.1. The Morgan fingerprint density at radius 3 is 2.38 bits per heavy atom. The zero-order valence-electron chi connectivity index (χ0n) is 23.2. The molecule has 2 aliphatic heterocycles. The Morgan fingerprint density at radius 1 is 1.10 bits per heavy atom. The fourth-order valence-electron chi connectivity index (χ4n) is 4.62. The Hall–Kier alpha value is -3.50. The molecule has 1 unspecified atom stereocenters. The van der Waals surface area contributed by atoms with Crippen molar-refractivity contribution in [1.82, 2.24) is 20.1 Å². The van der Waals surface area contributed by atoms with Gasteiger partial charge in [-0.2, -0.15) is 5.10 Å². The maximum atomic E-state index is 13.8. The molecule has 2 aliphatic rings. The van der Waals surface area contributed by atoms with Gasteiger partial charge in [0.2, 0.25) is 0 Å². The molecule has 1 N–H and O–H groups in total. The number of halogens is 1. The average Bonchev–Trinajstić information content (AvgIpc) is 3.36. The van der Waals surface area contributed by atoms with Crippen molar-refractivity contribution < 1.29 is 23.5 Å². The smallest absolute Gasteiger partial charge is 0.318 e. The summed E-state index contributed by atoms with van der Waals surface area (Å²) in [6.45, 7) is 9.49. The van der Waals surface area contributed by atoms with Crippen LogP contribution in [0.2, 0.25) is 0 Å². The minimum atomic E-state index is -0.457. The van der Waals surface area contributed by atoms with E-state index in [4.69, 9.17) is 14.6 Å². The van der Waals surface area contributed by atoms with Crippen LogP contribution in [0.4, 0.5) is 9.18 Å². The largest absolute Gasteiger partial charge is 0.497 e. The first-order chi connectivity index (χ1) is 18.6. The molecule has 0 aromatic heterocycles. The van der Waals surface area contributed by atoms with Crippen LogP contribution in [0.3, 0.4) is 0 Å². The SMILES string of the molecule is COc1ccc(C2=NN(C(=O)CN(CCN3CCOCC3)C(=O)NC(C)(C)C)C(c3ccc(F)cc3)C2)cc1. The van der Waals surface area contributed by atoms with E-state index in [2.05, 4.69) is 10.2 Å². The second kappa shape index (κ2) is 12.6. The molecule has 2 aromatic rings. The van der Waals surface area contributed by atoms with Crippen LogP contribution in [-0.4, -0.2) is 91.0 Å². The average molecular weight is 540 g/mol. The van der Waals surface area contributed by atoms with Gasteiger partial charge >= 0.3 is 6.03 Å². The maximum Gasteiger partial charge on any atom is 0.318 e. The molecule has 1 atom stereocenters. The molecule has 2 heterocycles. The number of hydrogen-bond acceptors (Lipinski definition) is 6. The predicted octanol–water partition coefficient (Wildman–Crippen LogP) is 3.65. The number of nitrogens with one attached hydrogen (secondary N) is 1. The number of rotatable bonds is 8. The minimum Gasteiger partial charge on any atom is -0.497 e. The molecule has 1 saturated heterocycles. The molecule has 0 aliphatic carbocycles. The van der Waals surface area contributed by atoms with E-state index >= 15 is 0 Å². The molecule has 4 rings (SSSR count). The van der Waals surface area contributed by atoms with Crippen molar-refractivity contribution in [3.8, 4) is 5.75 Å². The number of nitrogens with zero attached hydrogens (tertiary/aromatic N) is 4. The summed E-state index contributed by atoms with van der Waals surface area (Å²) in [7, 11) is 1.60. The topological polar surface area (TPSA) is 86.7 Å². The summed E-state index contributed by atoms with van der Waals surface area (Å²) in [5.74, 6) is 0.0686. The molecule has 3 amide bonds. The van der Waals surface area contributed by atoms with Gasteiger partial charge in [0.25, 0.3) is 5.91 Å². The first-order valence-electron chi connectivity index (χ1n) is 13.3. The van der Waals surface area contributed by atoms with E-state index in [1.165, 1.54) is 17.1 Å². The van der Waals surface area contributed by atoms with Crippen LogP contribution in [0, 0.1) is 5.82 Å². The summed E-state index contributed by atoms with van der Waals surface area (Å²) in [6.07, 6.45) is 0.464. The number of amides is 3. The van der Waals surface area contributed by atoms with Gasteiger partial charge in [-0.1, -0.05) is 12.1 Å². The normalized spacial score (nSPS) is 18.0. The molecule has 0 saturated carbocycles. The first kappa shape index (κ1) is 28.5. The lowest BCUT2D eigenvalue weighted by Gasteiger charge is -2.32. The van der Waals surface area contributed by atoms with Crippen LogP contribution in [0.15, 0.2) is 53.6 Å². The van der Waals surface area contributed by atoms with Crippen LogP contribution in [0.25, 0.3) is 0 Å². The summed E-state index contributed by atoms with van der Waals surface area (Å²) in [4.78, 5) is 30.8. The third-order valence-electron chi connectivity index (χ3n) is 6.73. The third kappa shape index (κ3) is 7.77. The van der Waals surface area contributed by atoms with E-state index in [-0.39, 0.29) is 24.3 Å². The van der Waals surface area contributed by atoms with E-state index in [1.807, 2.05) is 45.0 Å². The Labute approximate surface area is 229 Å². The van der Waals surface area contributed by atoms with Crippen molar-refractivity contribution >= 4 is 17.6 Å². The summed E-state index contributed by atoms with van der Waals surface area (Å²) in [5, 5.41) is 9.14. The quantitative estimate of drug-likeness (QED) is 0.554. The minimum absolute atomic E-state index is 0.136. The highest BCUT2D eigenvalue weighted by molar-refractivity contribution is 6.03. The van der Waals surface area contributed by atoms with Gasteiger partial charge in [-0.3, -0.25) is 9.69 Å². The molecule has 0 spiro atoms. The fraction of sp³-hybridized carbons (Fsp3) is 0.483. The number of ether oxygens (including phenoxy) is 2. The molecule has 2 aromatic carbocycles. The predicted molar refractivity (Wildman–Crippen MR) is 147 cm³/mol. The first-order valence-corrected chi connectivity index (χ1v) is 13.3. The van der Waals surface area contributed by atoms with Gasteiger partial charge in [0.05, 0.1) is 32.1 Å². The number of hydrazone groups is 1. The van der Waals surface area contributed by atoms with Crippen molar-refractivity contribution in [3.63, 3.8) is 0 Å². The fourth-order valence-corrected chi connectivity index (χ4v) is 4.62. The van der Waals surface area contributed by atoms with Gasteiger partial charge in [0.15, 0.2) is 0 Å². The Kier molecular flexibility index (Phi) is 9.19. The van der Waals surface area contributed by atoms with Gasteiger partial charge in [-0.15, -0.1) is 0 Å². The zero-order chi connectivity index (χ0) is 28.0. The lowest BCUT2D eigenvalue weighted by Crippen LogP contribution is -2.53. The van der Waals surface area contributed by atoms with E-state index in [0.29, 0.717) is 32.7 Å². The monoisotopic (exact) mass is 539 g/mol. The number of hydrogen-bond donors (Lipinski definition) is 1. The lowest BCUT2D eigenvalue weighted by atomic mass is 9.98. The number of methoxy groups -OCH3 is 1. The Morgan fingerprint density at radius 2 is 1.77 bits per heavy atom. The highest BCUT2D eigenvalue weighted by Crippen LogP contribution is 2.33. The van der Waals surface area contributed by atoms with E-state index < -0.39 is 11.6 Å². The Bertz CT molecular complexity index is 1160. The van der Waals surface area contributed by atoms with Crippen LogP contribution < -0.4 is 10.1 Å². The molecule has 39 heavy (non-hydrogen) atoms. The van der Waals surface area contributed by atoms with Crippen LogP contribution in [0.5, 0.6) is 5.75 Å². The summed E-state index contributed by atoms with van der Waals surface area (Å²) in [6, 6.07) is 12.9. The van der Waals surface area contributed by atoms with E-state index in [0.717, 1.165) is 35.7 Å². The molecule has 210 valence electrons. The van der Waals surface area contributed by atoms with Crippen molar-refractivity contribution in [3.05, 3.63) is 65.5 Å². The van der Waals surface area contributed by atoms with Gasteiger partial charge in [-0.05, 0) is 68.3 Å². The van der Waals surface area contributed by atoms with Gasteiger partial charge in [0, 0.05) is 38.1 Å².